The van der Waals surface area contributed by atoms with E-state index >= 15 is 0 Å². The molecule has 5 heteroatoms. The predicted octanol–water partition coefficient (Wildman–Crippen LogP) is 1.97. The lowest BCUT2D eigenvalue weighted by Crippen LogP contribution is -2.32. The molecule has 0 aromatic carbocycles. The Bertz CT molecular complexity index is 515. The zero-order valence-corrected chi connectivity index (χ0v) is 10.7. The summed E-state index contributed by atoms with van der Waals surface area (Å²) in [5.41, 5.74) is 6.35. The molecule has 0 amide bonds. The molecule has 0 bridgehead atoms. The molecule has 4 nitrogen and oxygen atoms in total. The van der Waals surface area contributed by atoms with E-state index in [0.29, 0.717) is 23.6 Å². The molecule has 2 rings (SSSR count). The number of nitrogens with two attached hydrogens (primary N) is 1. The third-order valence-corrected chi connectivity index (χ3v) is 4.33. The Morgan fingerprint density at radius 3 is 3.00 bits per heavy atom. The van der Waals surface area contributed by atoms with Gasteiger partial charge in [0.05, 0.1) is 17.6 Å². The molecular weight excluding hydrogens is 236 g/mol. The van der Waals surface area contributed by atoms with Gasteiger partial charge in [0.1, 0.15) is 11.1 Å². The van der Waals surface area contributed by atoms with Gasteiger partial charge in [-0.1, -0.05) is 0 Å². The first kappa shape index (κ1) is 11.9. The number of nitriles is 1. The van der Waals surface area contributed by atoms with Crippen molar-refractivity contribution < 1.29 is 9.53 Å². The third kappa shape index (κ3) is 1.60. The fourth-order valence-electron chi connectivity index (χ4n) is 2.35. The molecule has 0 spiro atoms. The van der Waals surface area contributed by atoms with Crippen LogP contribution in [0.25, 0.3) is 0 Å². The van der Waals surface area contributed by atoms with Gasteiger partial charge >= 0.3 is 5.97 Å². The lowest BCUT2D eigenvalue weighted by Gasteiger charge is -2.22. The number of hydrogen-bond donors (Lipinski definition) is 1. The van der Waals surface area contributed by atoms with Crippen LogP contribution >= 0.6 is 11.3 Å². The second kappa shape index (κ2) is 4.04. The Hall–Kier alpha value is -1.54. The molecule has 1 aliphatic carbocycles. The lowest BCUT2D eigenvalue weighted by atomic mass is 9.83. The van der Waals surface area contributed by atoms with Gasteiger partial charge in [-0.15, -0.1) is 11.3 Å². The lowest BCUT2D eigenvalue weighted by molar-refractivity contribution is -0.149. The van der Waals surface area contributed by atoms with E-state index in [-0.39, 0.29) is 5.97 Å². The zero-order chi connectivity index (χ0) is 12.6. The summed E-state index contributed by atoms with van der Waals surface area (Å²) < 4.78 is 5.11. The van der Waals surface area contributed by atoms with E-state index in [0.717, 1.165) is 16.9 Å². The monoisotopic (exact) mass is 250 g/mol. The molecule has 1 aromatic heterocycles. The molecule has 1 atom stereocenters. The molecule has 1 aliphatic rings. The molecule has 0 saturated carbocycles. The summed E-state index contributed by atoms with van der Waals surface area (Å²) in [4.78, 5) is 13.1. The highest BCUT2D eigenvalue weighted by Crippen LogP contribution is 2.47. The van der Waals surface area contributed by atoms with Gasteiger partial charge < -0.3 is 10.5 Å². The second-order valence-corrected chi connectivity index (χ2v) is 5.44. The maximum atomic E-state index is 12.0. The third-order valence-electron chi connectivity index (χ3n) is 3.25. The summed E-state index contributed by atoms with van der Waals surface area (Å²) in [6.07, 6.45) is 1.49. The van der Waals surface area contributed by atoms with Crippen LogP contribution in [0.4, 0.5) is 5.00 Å². The highest BCUT2D eigenvalue weighted by atomic mass is 32.1. The van der Waals surface area contributed by atoms with Crippen molar-refractivity contribution in [1.29, 1.82) is 5.26 Å². The van der Waals surface area contributed by atoms with Crippen molar-refractivity contribution in [2.45, 2.75) is 32.1 Å². The first-order chi connectivity index (χ1) is 8.04. The smallest absolute Gasteiger partial charge is 0.316 e. The van der Waals surface area contributed by atoms with Crippen LogP contribution in [0.5, 0.6) is 0 Å². The quantitative estimate of drug-likeness (QED) is 0.814. The average molecular weight is 250 g/mol. The van der Waals surface area contributed by atoms with Crippen molar-refractivity contribution >= 4 is 22.3 Å². The molecule has 1 heterocycles. The second-order valence-electron chi connectivity index (χ2n) is 4.30. The van der Waals surface area contributed by atoms with E-state index in [9.17, 15) is 4.79 Å². The molecule has 1 aromatic rings. The Morgan fingerprint density at radius 1 is 1.71 bits per heavy atom. The Kier molecular flexibility index (Phi) is 2.84. The normalized spacial score (nSPS) is 21.9. The number of ether oxygens (including phenoxy) is 1. The van der Waals surface area contributed by atoms with Crippen molar-refractivity contribution in [2.75, 3.05) is 12.3 Å². The highest BCUT2D eigenvalue weighted by molar-refractivity contribution is 7.16. The standard InChI is InChI=1S/C12H14N2O2S/c1-3-16-11(15)12(2)5-4-8-9(12)7(6-13)10(14)17-8/h3-5,14H2,1-2H3/t12-/m1/s1. The number of nitrogens with zero attached hydrogens (tertiary/aromatic N) is 1. The number of esters is 1. The van der Waals surface area contributed by atoms with Crippen LogP contribution in [0.2, 0.25) is 0 Å². The van der Waals surface area contributed by atoms with Crippen LogP contribution in [0.1, 0.15) is 36.3 Å². The number of rotatable bonds is 2. The van der Waals surface area contributed by atoms with E-state index in [4.69, 9.17) is 15.7 Å². The maximum Gasteiger partial charge on any atom is 0.316 e. The average Bonchev–Trinajstić information content (AvgIpc) is 2.77. The van der Waals surface area contributed by atoms with Gasteiger partial charge in [-0.3, -0.25) is 4.79 Å². The van der Waals surface area contributed by atoms with Crippen molar-refractivity contribution in [3.05, 3.63) is 16.0 Å². The molecule has 0 fully saturated rings. The molecular formula is C12H14N2O2S. The van der Waals surface area contributed by atoms with Gasteiger partial charge in [0.2, 0.25) is 0 Å². The number of thiophene rings is 1. The first-order valence-electron chi connectivity index (χ1n) is 5.53. The van der Waals surface area contributed by atoms with Crippen LogP contribution in [0.3, 0.4) is 0 Å². The SMILES string of the molecule is CCOC(=O)[C@]1(C)CCc2sc(N)c(C#N)c21. The fourth-order valence-corrected chi connectivity index (χ4v) is 3.50. The summed E-state index contributed by atoms with van der Waals surface area (Å²) in [6.45, 7) is 3.97. The predicted molar refractivity (Wildman–Crippen MR) is 65.8 cm³/mol. The first-order valence-corrected chi connectivity index (χ1v) is 6.35. The van der Waals surface area contributed by atoms with Crippen LogP contribution in [0, 0.1) is 11.3 Å². The van der Waals surface area contributed by atoms with Gasteiger partial charge in [0.25, 0.3) is 0 Å². The van der Waals surface area contributed by atoms with E-state index in [2.05, 4.69) is 6.07 Å². The number of hydrogen-bond acceptors (Lipinski definition) is 5. The molecule has 17 heavy (non-hydrogen) atoms. The summed E-state index contributed by atoms with van der Waals surface area (Å²) in [7, 11) is 0. The maximum absolute atomic E-state index is 12.0. The van der Waals surface area contributed by atoms with Crippen LogP contribution < -0.4 is 5.73 Å². The largest absolute Gasteiger partial charge is 0.465 e. The van der Waals surface area contributed by atoms with Gasteiger partial charge in [-0.25, -0.2) is 0 Å². The minimum atomic E-state index is -0.704. The summed E-state index contributed by atoms with van der Waals surface area (Å²) >= 11 is 1.41. The topological polar surface area (TPSA) is 76.1 Å². The van der Waals surface area contributed by atoms with E-state index in [1.807, 2.05) is 6.92 Å². The van der Waals surface area contributed by atoms with Crippen LogP contribution in [0.15, 0.2) is 0 Å². The molecule has 0 unspecified atom stereocenters. The summed E-state index contributed by atoms with van der Waals surface area (Å²) in [5, 5.41) is 9.65. The van der Waals surface area contributed by atoms with Crippen LogP contribution in [-0.2, 0) is 21.4 Å². The number of aryl methyl sites for hydroxylation is 1. The summed E-state index contributed by atoms with van der Waals surface area (Å²) in [5.74, 6) is -0.256. The number of carbonyl (C=O) groups excluding carboxylic acids is 1. The number of nitrogen functional groups attached to an aromatic ring is 1. The highest BCUT2D eigenvalue weighted by Gasteiger charge is 2.46. The number of fused-ring (bicyclic) bond motifs is 1. The molecule has 0 radical (unpaired) electrons. The number of anilines is 1. The van der Waals surface area contributed by atoms with Gasteiger partial charge in [-0.2, -0.15) is 5.26 Å². The molecule has 2 N–H and O–H groups in total. The van der Waals surface area contributed by atoms with Crippen molar-refractivity contribution in [3.63, 3.8) is 0 Å². The minimum absolute atomic E-state index is 0.256. The van der Waals surface area contributed by atoms with Crippen molar-refractivity contribution in [2.24, 2.45) is 0 Å². The molecule has 90 valence electrons. The van der Waals surface area contributed by atoms with Gasteiger partial charge in [-0.05, 0) is 26.7 Å². The Morgan fingerprint density at radius 2 is 2.41 bits per heavy atom. The van der Waals surface area contributed by atoms with Gasteiger partial charge in [0, 0.05) is 10.4 Å². The minimum Gasteiger partial charge on any atom is -0.465 e. The number of carbonyl (C=O) groups is 1. The Balaban J connectivity index is 2.52. The van der Waals surface area contributed by atoms with E-state index in [1.54, 1.807) is 6.92 Å². The van der Waals surface area contributed by atoms with E-state index in [1.165, 1.54) is 11.3 Å². The van der Waals surface area contributed by atoms with Gasteiger partial charge in [0.15, 0.2) is 0 Å². The van der Waals surface area contributed by atoms with E-state index < -0.39 is 5.41 Å². The van der Waals surface area contributed by atoms with Crippen molar-refractivity contribution in [3.8, 4) is 6.07 Å². The van der Waals surface area contributed by atoms with Crippen LogP contribution in [-0.4, -0.2) is 12.6 Å². The zero-order valence-electron chi connectivity index (χ0n) is 9.87. The molecule has 0 aliphatic heterocycles. The molecule has 0 saturated heterocycles. The fraction of sp³-hybridized carbons (Fsp3) is 0.500. The van der Waals surface area contributed by atoms with Crippen molar-refractivity contribution in [1.82, 2.24) is 0 Å². The summed E-state index contributed by atoms with van der Waals surface area (Å²) in [6, 6.07) is 2.11. The Labute approximate surface area is 104 Å².